The van der Waals surface area contributed by atoms with Gasteiger partial charge in [0.25, 0.3) is 5.91 Å². The number of rotatable bonds is 3. The Morgan fingerprint density at radius 3 is 2.83 bits per heavy atom. The predicted molar refractivity (Wildman–Crippen MR) is 70.3 cm³/mol. The Kier molecular flexibility index (Phi) is 3.43. The number of benzene rings is 1. The molecule has 18 heavy (non-hydrogen) atoms. The van der Waals surface area contributed by atoms with Crippen LogP contribution >= 0.6 is 11.6 Å². The van der Waals surface area contributed by atoms with Crippen LogP contribution in [0.5, 0.6) is 5.75 Å². The minimum Gasteiger partial charge on any atom is -0.493 e. The Morgan fingerprint density at radius 2 is 2.22 bits per heavy atom. The molecule has 0 fully saturated rings. The number of nitrogens with one attached hydrogen (secondary N) is 2. The fourth-order valence-electron chi connectivity index (χ4n) is 1.66. The number of carbonyl (C=O) groups excluding carboxylic acids is 1. The molecule has 2 rings (SSSR count). The largest absolute Gasteiger partial charge is 0.493 e. The lowest BCUT2D eigenvalue weighted by molar-refractivity contribution is 0.0934. The monoisotopic (exact) mass is 267 g/mol. The summed E-state index contributed by atoms with van der Waals surface area (Å²) in [6.45, 7) is 3.77. The van der Waals surface area contributed by atoms with Gasteiger partial charge < -0.3 is 15.0 Å². The van der Waals surface area contributed by atoms with Gasteiger partial charge in [0.1, 0.15) is 5.52 Å². The first-order valence-electron chi connectivity index (χ1n) is 5.56. The van der Waals surface area contributed by atoms with Gasteiger partial charge in [-0.1, -0.05) is 11.6 Å². The first kappa shape index (κ1) is 12.7. The summed E-state index contributed by atoms with van der Waals surface area (Å²) in [7, 11) is 1.52. The van der Waals surface area contributed by atoms with Gasteiger partial charge in [0, 0.05) is 6.04 Å². The van der Waals surface area contributed by atoms with Crippen molar-refractivity contribution in [3.63, 3.8) is 0 Å². The molecule has 1 heterocycles. The molecule has 0 aliphatic heterocycles. The quantitative estimate of drug-likeness (QED) is 0.897. The van der Waals surface area contributed by atoms with Gasteiger partial charge in [-0.05, 0) is 26.0 Å². The van der Waals surface area contributed by atoms with Crippen LogP contribution in [-0.4, -0.2) is 29.0 Å². The van der Waals surface area contributed by atoms with Gasteiger partial charge in [-0.25, -0.2) is 4.98 Å². The summed E-state index contributed by atoms with van der Waals surface area (Å²) < 4.78 is 5.19. The number of methoxy groups -OCH3 is 1. The molecule has 0 bridgehead atoms. The SMILES string of the molecule is COc1c(Cl)ccc2[nH]c(C(=O)NC(C)C)nc12. The first-order valence-corrected chi connectivity index (χ1v) is 5.93. The molecule has 5 nitrogen and oxygen atoms in total. The number of aromatic nitrogens is 2. The van der Waals surface area contributed by atoms with Gasteiger partial charge in [0.2, 0.25) is 0 Å². The standard InChI is InChI=1S/C12H14ClN3O2/c1-6(2)14-12(17)11-15-8-5-4-7(13)10(18-3)9(8)16-11/h4-6H,1-3H3,(H,14,17)(H,15,16). The van der Waals surface area contributed by atoms with E-state index in [0.717, 1.165) is 0 Å². The third-order valence-corrected chi connectivity index (χ3v) is 2.70. The van der Waals surface area contributed by atoms with E-state index >= 15 is 0 Å². The lowest BCUT2D eigenvalue weighted by atomic mass is 10.3. The van der Waals surface area contributed by atoms with Gasteiger partial charge in [-0.3, -0.25) is 4.79 Å². The van der Waals surface area contributed by atoms with E-state index in [4.69, 9.17) is 16.3 Å². The summed E-state index contributed by atoms with van der Waals surface area (Å²) in [6, 6.07) is 3.51. The fraction of sp³-hybridized carbons (Fsp3) is 0.333. The molecule has 0 aliphatic carbocycles. The highest BCUT2D eigenvalue weighted by Gasteiger charge is 2.16. The summed E-state index contributed by atoms with van der Waals surface area (Å²) in [5, 5.41) is 3.23. The van der Waals surface area contributed by atoms with Crippen LogP contribution in [0.3, 0.4) is 0 Å². The molecule has 2 aromatic rings. The zero-order valence-electron chi connectivity index (χ0n) is 10.4. The average Bonchev–Trinajstić information content (AvgIpc) is 2.72. The Labute approximate surface area is 109 Å². The highest BCUT2D eigenvalue weighted by Crippen LogP contribution is 2.31. The van der Waals surface area contributed by atoms with E-state index in [0.29, 0.717) is 21.8 Å². The van der Waals surface area contributed by atoms with E-state index in [1.54, 1.807) is 12.1 Å². The Hall–Kier alpha value is -1.75. The van der Waals surface area contributed by atoms with Crippen LogP contribution < -0.4 is 10.1 Å². The molecule has 1 aromatic heterocycles. The number of carbonyl (C=O) groups is 1. The van der Waals surface area contributed by atoms with E-state index in [9.17, 15) is 4.79 Å². The number of hydrogen-bond donors (Lipinski definition) is 2. The number of imidazole rings is 1. The normalized spacial score (nSPS) is 10.9. The van der Waals surface area contributed by atoms with Crippen LogP contribution in [0.4, 0.5) is 0 Å². The van der Waals surface area contributed by atoms with Crippen LogP contribution in [0.25, 0.3) is 11.0 Å². The fourth-order valence-corrected chi connectivity index (χ4v) is 1.89. The van der Waals surface area contributed by atoms with Crippen LogP contribution in [0.2, 0.25) is 5.02 Å². The minimum atomic E-state index is -0.251. The molecule has 0 atom stereocenters. The van der Waals surface area contributed by atoms with Crippen LogP contribution in [-0.2, 0) is 0 Å². The number of H-pyrrole nitrogens is 1. The number of fused-ring (bicyclic) bond motifs is 1. The van der Waals surface area contributed by atoms with E-state index in [1.165, 1.54) is 7.11 Å². The van der Waals surface area contributed by atoms with Crippen molar-refractivity contribution in [1.29, 1.82) is 0 Å². The summed E-state index contributed by atoms with van der Waals surface area (Å²) in [4.78, 5) is 19.0. The molecule has 0 saturated heterocycles. The average molecular weight is 268 g/mol. The van der Waals surface area contributed by atoms with Gasteiger partial charge in [0.15, 0.2) is 11.6 Å². The molecule has 1 amide bonds. The molecule has 0 spiro atoms. The van der Waals surface area contributed by atoms with Crippen molar-refractivity contribution in [2.45, 2.75) is 19.9 Å². The topological polar surface area (TPSA) is 67.0 Å². The van der Waals surface area contributed by atoms with Gasteiger partial charge in [-0.15, -0.1) is 0 Å². The molecular formula is C12H14ClN3O2. The molecule has 0 radical (unpaired) electrons. The lowest BCUT2D eigenvalue weighted by Gasteiger charge is -2.05. The van der Waals surface area contributed by atoms with E-state index in [2.05, 4.69) is 15.3 Å². The van der Waals surface area contributed by atoms with Crippen LogP contribution in [0.1, 0.15) is 24.5 Å². The van der Waals surface area contributed by atoms with E-state index in [-0.39, 0.29) is 17.8 Å². The maximum Gasteiger partial charge on any atom is 0.287 e. The third-order valence-electron chi connectivity index (χ3n) is 2.40. The highest BCUT2D eigenvalue weighted by atomic mass is 35.5. The molecular weight excluding hydrogens is 254 g/mol. The van der Waals surface area contributed by atoms with Crippen molar-refractivity contribution >= 4 is 28.5 Å². The Bertz CT molecular complexity index is 592. The molecule has 0 unspecified atom stereocenters. The van der Waals surface area contributed by atoms with Crippen molar-refractivity contribution in [3.8, 4) is 5.75 Å². The van der Waals surface area contributed by atoms with Crippen LogP contribution in [0.15, 0.2) is 12.1 Å². The Morgan fingerprint density at radius 1 is 1.50 bits per heavy atom. The van der Waals surface area contributed by atoms with Gasteiger partial charge in [0.05, 0.1) is 17.6 Å². The maximum atomic E-state index is 11.8. The molecule has 96 valence electrons. The summed E-state index contributed by atoms with van der Waals surface area (Å²) in [5.74, 6) is 0.465. The number of ether oxygens (including phenoxy) is 1. The lowest BCUT2D eigenvalue weighted by Crippen LogP contribution is -2.30. The first-order chi connectivity index (χ1) is 8.52. The molecule has 6 heteroatoms. The number of hydrogen-bond acceptors (Lipinski definition) is 3. The predicted octanol–water partition coefficient (Wildman–Crippen LogP) is 2.36. The zero-order valence-corrected chi connectivity index (χ0v) is 11.1. The van der Waals surface area contributed by atoms with Crippen LogP contribution in [0, 0.1) is 0 Å². The van der Waals surface area contributed by atoms with Gasteiger partial charge >= 0.3 is 0 Å². The molecule has 0 saturated carbocycles. The maximum absolute atomic E-state index is 11.8. The Balaban J connectivity index is 2.47. The molecule has 1 aromatic carbocycles. The molecule has 0 aliphatic rings. The second kappa shape index (κ2) is 4.86. The van der Waals surface area contributed by atoms with Crippen molar-refractivity contribution in [3.05, 3.63) is 23.0 Å². The number of nitrogens with zero attached hydrogens (tertiary/aromatic N) is 1. The smallest absolute Gasteiger partial charge is 0.287 e. The summed E-state index contributed by atoms with van der Waals surface area (Å²) >= 11 is 6.00. The van der Waals surface area contributed by atoms with Crippen molar-refractivity contribution < 1.29 is 9.53 Å². The minimum absolute atomic E-state index is 0.0520. The number of halogens is 1. The zero-order chi connectivity index (χ0) is 13.3. The number of amides is 1. The summed E-state index contributed by atoms with van der Waals surface area (Å²) in [5.41, 5.74) is 1.27. The second-order valence-electron chi connectivity index (χ2n) is 4.19. The van der Waals surface area contributed by atoms with Gasteiger partial charge in [-0.2, -0.15) is 0 Å². The highest BCUT2D eigenvalue weighted by molar-refractivity contribution is 6.33. The van der Waals surface area contributed by atoms with E-state index < -0.39 is 0 Å². The van der Waals surface area contributed by atoms with Crippen molar-refractivity contribution in [2.75, 3.05) is 7.11 Å². The summed E-state index contributed by atoms with van der Waals surface area (Å²) in [6.07, 6.45) is 0. The third kappa shape index (κ3) is 2.26. The molecule has 2 N–H and O–H groups in total. The van der Waals surface area contributed by atoms with Crippen molar-refractivity contribution in [1.82, 2.24) is 15.3 Å². The number of aromatic amines is 1. The van der Waals surface area contributed by atoms with Crippen molar-refractivity contribution in [2.24, 2.45) is 0 Å². The van der Waals surface area contributed by atoms with E-state index in [1.807, 2.05) is 13.8 Å². The second-order valence-corrected chi connectivity index (χ2v) is 4.60.